The van der Waals surface area contributed by atoms with Crippen LogP contribution in [0, 0.1) is 5.82 Å². The molecule has 0 bridgehead atoms. The van der Waals surface area contributed by atoms with E-state index >= 15 is 0 Å². The Kier molecular flexibility index (Phi) is 4.90. The van der Waals surface area contributed by atoms with Crippen molar-refractivity contribution in [3.8, 4) is 0 Å². The first-order valence-electron chi connectivity index (χ1n) is 10.0. The van der Waals surface area contributed by atoms with E-state index in [1.54, 1.807) is 23.1 Å². The topological polar surface area (TPSA) is 56.7 Å². The molecule has 29 heavy (non-hydrogen) atoms. The smallest absolute Gasteiger partial charge is 0.256 e. The summed E-state index contributed by atoms with van der Waals surface area (Å²) < 4.78 is 14.2. The normalized spacial score (nSPS) is 23.0. The van der Waals surface area contributed by atoms with Gasteiger partial charge in [-0.3, -0.25) is 15.1 Å². The zero-order valence-electron chi connectivity index (χ0n) is 17.1. The number of nitrogens with one attached hydrogen (secondary N) is 2. The molecule has 0 saturated carbocycles. The average Bonchev–Trinajstić information content (AvgIpc) is 3.05. The first kappa shape index (κ1) is 19.6. The number of benzene rings is 2. The lowest BCUT2D eigenvalue weighted by atomic mass is 9.95. The van der Waals surface area contributed by atoms with E-state index in [1.165, 1.54) is 6.07 Å². The van der Waals surface area contributed by atoms with Crippen LogP contribution in [-0.2, 0) is 6.54 Å². The number of carbonyl (C=O) groups excluding carboxylic acids is 1. The molecule has 2 aromatic carbocycles. The van der Waals surface area contributed by atoms with E-state index in [0.717, 1.165) is 17.1 Å². The third kappa shape index (κ3) is 3.90. The third-order valence-corrected chi connectivity index (χ3v) is 5.45. The molecule has 152 valence electrons. The molecule has 2 N–H and O–H groups in total. The molecule has 1 amide bonds. The molecule has 1 atom stereocenters. The number of hydrogen-bond acceptors (Lipinski definition) is 3. The summed E-state index contributed by atoms with van der Waals surface area (Å²) in [5, 5.41) is 7.19. The number of nitrogens with zero attached hydrogens (tertiary/aromatic N) is 2. The third-order valence-electron chi connectivity index (χ3n) is 5.45. The predicted molar refractivity (Wildman–Crippen MR) is 114 cm³/mol. The van der Waals surface area contributed by atoms with Crippen LogP contribution in [0.15, 0.2) is 53.5 Å². The van der Waals surface area contributed by atoms with Crippen LogP contribution in [0.1, 0.15) is 43.1 Å². The van der Waals surface area contributed by atoms with E-state index in [2.05, 4.69) is 37.5 Å². The fourth-order valence-corrected chi connectivity index (χ4v) is 3.99. The maximum atomic E-state index is 14.2. The zero-order valence-corrected chi connectivity index (χ0v) is 17.1. The minimum Gasteiger partial charge on any atom is -0.342 e. The average molecular weight is 394 g/mol. The van der Waals surface area contributed by atoms with Crippen LogP contribution in [0.25, 0.3) is 0 Å². The maximum absolute atomic E-state index is 14.2. The fourth-order valence-electron chi connectivity index (χ4n) is 3.99. The van der Waals surface area contributed by atoms with E-state index in [9.17, 15) is 9.18 Å². The van der Waals surface area contributed by atoms with Crippen LogP contribution in [-0.4, -0.2) is 40.8 Å². The van der Waals surface area contributed by atoms with Gasteiger partial charge in [-0.1, -0.05) is 30.3 Å². The minimum atomic E-state index is -0.493. The number of aliphatic imine (C=N–C) groups is 1. The number of amidine groups is 1. The molecule has 1 saturated heterocycles. The summed E-state index contributed by atoms with van der Waals surface area (Å²) in [5.74, 6) is 0.0683. The van der Waals surface area contributed by atoms with E-state index < -0.39 is 11.4 Å². The molecule has 1 spiro atoms. The van der Waals surface area contributed by atoms with Crippen LogP contribution in [0.3, 0.4) is 0 Å². The molecule has 0 radical (unpaired) electrons. The molecule has 2 aliphatic rings. The first-order chi connectivity index (χ1) is 13.8. The van der Waals surface area contributed by atoms with Gasteiger partial charge in [0.15, 0.2) is 0 Å². The maximum Gasteiger partial charge on any atom is 0.256 e. The van der Waals surface area contributed by atoms with Gasteiger partial charge in [0.2, 0.25) is 0 Å². The van der Waals surface area contributed by atoms with Gasteiger partial charge in [-0.05, 0) is 51.0 Å². The number of amides is 1. The van der Waals surface area contributed by atoms with Crippen molar-refractivity contribution in [2.45, 2.75) is 44.8 Å². The van der Waals surface area contributed by atoms with E-state index in [1.807, 2.05) is 18.2 Å². The van der Waals surface area contributed by atoms with Crippen LogP contribution >= 0.6 is 0 Å². The summed E-state index contributed by atoms with van der Waals surface area (Å²) in [6.45, 7) is 7.83. The van der Waals surface area contributed by atoms with Gasteiger partial charge in [0, 0.05) is 25.3 Å². The number of fused-ring (bicyclic) bond motifs is 1. The first-order valence-corrected chi connectivity index (χ1v) is 10.0. The highest BCUT2D eigenvalue weighted by Crippen LogP contribution is 2.31. The van der Waals surface area contributed by atoms with Crippen molar-refractivity contribution in [1.82, 2.24) is 10.2 Å². The molecule has 5 nitrogen and oxygen atoms in total. The van der Waals surface area contributed by atoms with Crippen LogP contribution in [0.5, 0.6) is 0 Å². The zero-order chi connectivity index (χ0) is 20.6. The number of rotatable bonds is 1. The molecular formula is C23H27FN4O. The SMILES string of the molecule is CC(C)(C)N=C1Nc2ccccc2CN[C@]12CCN(C(=O)c1ccccc1F)C2. The van der Waals surface area contributed by atoms with Crippen molar-refractivity contribution in [1.29, 1.82) is 0 Å². The Balaban J connectivity index is 1.67. The van der Waals surface area contributed by atoms with Crippen molar-refractivity contribution < 1.29 is 9.18 Å². The molecule has 2 aliphatic heterocycles. The number of para-hydroxylation sites is 1. The lowest BCUT2D eigenvalue weighted by Gasteiger charge is -2.32. The molecule has 6 heteroatoms. The molecule has 2 heterocycles. The van der Waals surface area contributed by atoms with Gasteiger partial charge < -0.3 is 10.2 Å². The second kappa shape index (κ2) is 7.26. The fraction of sp³-hybridized carbons (Fsp3) is 0.391. The van der Waals surface area contributed by atoms with Crippen LogP contribution < -0.4 is 10.6 Å². The Morgan fingerprint density at radius 2 is 1.86 bits per heavy atom. The van der Waals surface area contributed by atoms with E-state index in [4.69, 9.17) is 4.99 Å². The second-order valence-corrected chi connectivity index (χ2v) is 8.81. The molecule has 4 rings (SSSR count). The highest BCUT2D eigenvalue weighted by Gasteiger charge is 2.46. The molecule has 1 fully saturated rings. The van der Waals surface area contributed by atoms with Gasteiger partial charge in [0.25, 0.3) is 5.91 Å². The lowest BCUT2D eigenvalue weighted by molar-refractivity contribution is 0.0781. The van der Waals surface area contributed by atoms with Crippen molar-refractivity contribution in [3.05, 3.63) is 65.5 Å². The summed E-state index contributed by atoms with van der Waals surface area (Å²) in [6.07, 6.45) is 0.711. The second-order valence-electron chi connectivity index (χ2n) is 8.81. The highest BCUT2D eigenvalue weighted by molar-refractivity contribution is 6.05. The van der Waals surface area contributed by atoms with E-state index in [0.29, 0.717) is 26.1 Å². The van der Waals surface area contributed by atoms with Gasteiger partial charge in [0.1, 0.15) is 11.7 Å². The predicted octanol–water partition coefficient (Wildman–Crippen LogP) is 3.82. The van der Waals surface area contributed by atoms with Crippen molar-refractivity contribution >= 4 is 17.4 Å². The quantitative estimate of drug-likeness (QED) is 0.773. The Labute approximate surface area is 171 Å². The minimum absolute atomic E-state index is 0.115. The van der Waals surface area contributed by atoms with Crippen LogP contribution in [0.4, 0.5) is 10.1 Å². The standard InChI is InChI=1S/C23H27FN4O/c1-22(2,3)27-21-23(25-14-16-8-4-7-11-19(16)26-21)12-13-28(15-23)20(29)17-9-5-6-10-18(17)24/h4-11,25H,12-15H2,1-3H3,(H,26,27)/t23-/m0/s1. The molecule has 0 aliphatic carbocycles. The van der Waals surface area contributed by atoms with Gasteiger partial charge in [-0.25, -0.2) is 4.39 Å². The van der Waals surface area contributed by atoms with E-state index in [-0.39, 0.29) is 17.0 Å². The Morgan fingerprint density at radius 1 is 1.14 bits per heavy atom. The largest absolute Gasteiger partial charge is 0.342 e. The lowest BCUT2D eigenvalue weighted by Crippen LogP contribution is -2.56. The summed E-state index contributed by atoms with van der Waals surface area (Å²) in [6, 6.07) is 14.3. The number of hydrogen-bond donors (Lipinski definition) is 2. The monoisotopic (exact) mass is 394 g/mol. The van der Waals surface area contributed by atoms with Crippen molar-refractivity contribution in [2.75, 3.05) is 18.4 Å². The summed E-state index contributed by atoms with van der Waals surface area (Å²) in [5.41, 5.74) is 1.53. The Morgan fingerprint density at radius 3 is 2.62 bits per heavy atom. The van der Waals surface area contributed by atoms with Crippen LogP contribution in [0.2, 0.25) is 0 Å². The number of anilines is 1. The number of halogens is 1. The summed E-state index contributed by atoms with van der Waals surface area (Å²) in [7, 11) is 0. The Hall–Kier alpha value is -2.73. The van der Waals surface area contributed by atoms with Gasteiger partial charge in [-0.15, -0.1) is 0 Å². The summed E-state index contributed by atoms with van der Waals surface area (Å²) >= 11 is 0. The highest BCUT2D eigenvalue weighted by atomic mass is 19.1. The van der Waals surface area contributed by atoms with Crippen molar-refractivity contribution in [3.63, 3.8) is 0 Å². The Bertz CT molecular complexity index is 965. The number of likely N-dealkylation sites (tertiary alicyclic amines) is 1. The number of carbonyl (C=O) groups is 1. The van der Waals surface area contributed by atoms with Gasteiger partial charge in [0.05, 0.1) is 16.6 Å². The van der Waals surface area contributed by atoms with Crippen molar-refractivity contribution in [2.24, 2.45) is 4.99 Å². The molecule has 2 aromatic rings. The summed E-state index contributed by atoms with van der Waals surface area (Å²) in [4.78, 5) is 19.7. The van der Waals surface area contributed by atoms with Gasteiger partial charge >= 0.3 is 0 Å². The molecule has 0 aromatic heterocycles. The molecule has 0 unspecified atom stereocenters. The van der Waals surface area contributed by atoms with Gasteiger partial charge in [-0.2, -0.15) is 0 Å². The molecular weight excluding hydrogens is 367 g/mol.